The van der Waals surface area contributed by atoms with E-state index in [9.17, 15) is 9.59 Å². The monoisotopic (exact) mass is 169 g/mol. The molecule has 0 aliphatic carbocycles. The number of carboxylic acid groups (broad SMARTS) is 1. The Balaban J connectivity index is 3.61. The second-order valence-electron chi connectivity index (χ2n) is 1.75. The van der Waals surface area contributed by atoms with Gasteiger partial charge in [-0.1, -0.05) is 0 Å². The summed E-state index contributed by atoms with van der Waals surface area (Å²) in [5.41, 5.74) is 0. The maximum Gasteiger partial charge on any atom is 0.331 e. The molecule has 0 spiro atoms. The van der Waals surface area contributed by atoms with E-state index in [2.05, 4.69) is 4.74 Å². The van der Waals surface area contributed by atoms with E-state index in [-0.39, 0.29) is 13.0 Å². The van der Waals surface area contributed by atoms with Gasteiger partial charge in [-0.15, -0.1) is 0 Å². The largest absolute Gasteiger partial charge is 0.478 e. The van der Waals surface area contributed by atoms with Gasteiger partial charge in [0.05, 0.1) is 12.5 Å². The van der Waals surface area contributed by atoms with Crippen molar-refractivity contribution in [2.24, 2.45) is 0 Å². The molecule has 0 aliphatic rings. The summed E-state index contributed by atoms with van der Waals surface area (Å²) in [5, 5.41) is 16.1. The average molecular weight is 169 g/mol. The van der Waals surface area contributed by atoms with E-state index in [0.29, 0.717) is 6.08 Å². The maximum atomic E-state index is 10.5. The molecule has 5 nitrogen and oxygen atoms in total. The number of carbonyl (C=O) groups is 2. The molecule has 5 heteroatoms. The quantitative estimate of drug-likeness (QED) is 0.366. The highest BCUT2D eigenvalue weighted by Crippen LogP contribution is 1.84. The van der Waals surface area contributed by atoms with Crippen molar-refractivity contribution in [2.45, 2.75) is 6.42 Å². The number of esters is 1. The molecule has 0 aromatic heterocycles. The zero-order chi connectivity index (χ0) is 9.40. The molecule has 0 aromatic carbocycles. The van der Waals surface area contributed by atoms with Gasteiger partial charge in [-0.2, -0.15) is 5.26 Å². The fourth-order valence-corrected chi connectivity index (χ4v) is 0.385. The van der Waals surface area contributed by atoms with Crippen molar-refractivity contribution in [1.29, 1.82) is 5.26 Å². The molecule has 1 N–H and O–H groups in total. The van der Waals surface area contributed by atoms with Gasteiger partial charge < -0.3 is 9.84 Å². The third-order valence-corrected chi connectivity index (χ3v) is 0.820. The Hall–Kier alpha value is -1.83. The maximum absolute atomic E-state index is 10.5. The molecule has 0 radical (unpaired) electrons. The van der Waals surface area contributed by atoms with Crippen molar-refractivity contribution in [3.05, 3.63) is 12.2 Å². The van der Waals surface area contributed by atoms with E-state index in [1.54, 1.807) is 6.07 Å². The molecule has 0 aromatic rings. The third kappa shape index (κ3) is 6.29. The topological polar surface area (TPSA) is 87.4 Å². The molecule has 0 atom stereocenters. The van der Waals surface area contributed by atoms with Crippen LogP contribution in [-0.2, 0) is 14.3 Å². The summed E-state index contributed by atoms with van der Waals surface area (Å²) in [6, 6.07) is 1.77. The van der Waals surface area contributed by atoms with E-state index < -0.39 is 11.9 Å². The third-order valence-electron chi connectivity index (χ3n) is 0.820. The van der Waals surface area contributed by atoms with Crippen LogP contribution in [-0.4, -0.2) is 23.7 Å². The molecule has 0 unspecified atom stereocenters. The van der Waals surface area contributed by atoms with Crippen molar-refractivity contribution in [3.8, 4) is 6.07 Å². The number of rotatable bonds is 4. The normalized spacial score (nSPS) is 9.25. The van der Waals surface area contributed by atoms with Crippen molar-refractivity contribution in [3.63, 3.8) is 0 Å². The highest BCUT2D eigenvalue weighted by Gasteiger charge is 1.96. The van der Waals surface area contributed by atoms with Crippen LogP contribution in [0.3, 0.4) is 0 Å². The molecule has 0 saturated heterocycles. The second-order valence-corrected chi connectivity index (χ2v) is 1.75. The lowest BCUT2D eigenvalue weighted by Gasteiger charge is -1.94. The fraction of sp³-hybridized carbons (Fsp3) is 0.286. The summed E-state index contributed by atoms with van der Waals surface area (Å²) in [6.07, 6.45) is 1.57. The summed E-state index contributed by atoms with van der Waals surface area (Å²) in [6.45, 7) is -0.0146. The van der Waals surface area contributed by atoms with E-state index in [0.717, 1.165) is 6.08 Å². The van der Waals surface area contributed by atoms with E-state index >= 15 is 0 Å². The van der Waals surface area contributed by atoms with Gasteiger partial charge >= 0.3 is 11.9 Å². The van der Waals surface area contributed by atoms with Crippen LogP contribution in [0.5, 0.6) is 0 Å². The smallest absolute Gasteiger partial charge is 0.331 e. The first-order valence-electron chi connectivity index (χ1n) is 3.11. The highest BCUT2D eigenvalue weighted by molar-refractivity contribution is 5.90. The van der Waals surface area contributed by atoms with Gasteiger partial charge in [0.1, 0.15) is 6.61 Å². The highest BCUT2D eigenvalue weighted by atomic mass is 16.5. The Labute approximate surface area is 68.9 Å². The summed E-state index contributed by atoms with van der Waals surface area (Å²) in [5.74, 6) is -1.97. The minimum absolute atomic E-state index is 0.0146. The number of carboxylic acids is 1. The predicted molar refractivity (Wildman–Crippen MR) is 38.0 cm³/mol. The number of aliphatic carboxylic acids is 1. The number of ether oxygens (including phenoxy) is 1. The summed E-state index contributed by atoms with van der Waals surface area (Å²) in [4.78, 5) is 20.4. The molecule has 0 saturated carbocycles. The zero-order valence-corrected chi connectivity index (χ0v) is 6.19. The standard InChI is InChI=1S/C7H7NO4/c8-4-1-5-12-7(11)3-2-6(9)10/h2-3H,1,5H2,(H,9,10)/b3-2-. The van der Waals surface area contributed by atoms with E-state index in [4.69, 9.17) is 10.4 Å². The molecule has 0 aliphatic heterocycles. The Morgan fingerprint density at radius 2 is 2.17 bits per heavy atom. The number of carbonyl (C=O) groups excluding carboxylic acids is 1. The summed E-state index contributed by atoms with van der Waals surface area (Å²) >= 11 is 0. The van der Waals surface area contributed by atoms with Crippen LogP contribution >= 0.6 is 0 Å². The molecular weight excluding hydrogens is 162 g/mol. The van der Waals surface area contributed by atoms with Crippen molar-refractivity contribution >= 4 is 11.9 Å². The lowest BCUT2D eigenvalue weighted by Crippen LogP contribution is -2.02. The SMILES string of the molecule is N#CCCOC(=O)/C=C\C(=O)O. The van der Waals surface area contributed by atoms with Gasteiger partial charge in [0.15, 0.2) is 0 Å². The molecule has 0 heterocycles. The Kier molecular flexibility index (Phi) is 5.02. The van der Waals surface area contributed by atoms with Gasteiger partial charge in [-0.3, -0.25) is 0 Å². The first kappa shape index (κ1) is 10.2. The van der Waals surface area contributed by atoms with Crippen molar-refractivity contribution in [1.82, 2.24) is 0 Å². The lowest BCUT2D eigenvalue weighted by atomic mass is 10.5. The van der Waals surface area contributed by atoms with Crippen molar-refractivity contribution in [2.75, 3.05) is 6.61 Å². The van der Waals surface area contributed by atoms with Crippen LogP contribution in [0.25, 0.3) is 0 Å². The van der Waals surface area contributed by atoms with Crippen LogP contribution < -0.4 is 0 Å². The van der Waals surface area contributed by atoms with Crippen molar-refractivity contribution < 1.29 is 19.4 Å². The Bertz CT molecular complexity index is 238. The van der Waals surface area contributed by atoms with Crippen LogP contribution in [0.1, 0.15) is 6.42 Å². The predicted octanol–water partition coefficient (Wildman–Crippen LogP) is 0.0841. The molecule has 0 fully saturated rings. The summed E-state index contributed by atoms with van der Waals surface area (Å²) < 4.78 is 4.42. The van der Waals surface area contributed by atoms with E-state index in [1.807, 2.05) is 0 Å². The first-order valence-corrected chi connectivity index (χ1v) is 3.11. The minimum atomic E-state index is -1.22. The van der Waals surface area contributed by atoms with E-state index in [1.165, 1.54) is 0 Å². The number of hydrogen-bond acceptors (Lipinski definition) is 4. The molecule has 64 valence electrons. The molecule has 0 bridgehead atoms. The fourth-order valence-electron chi connectivity index (χ4n) is 0.385. The first-order chi connectivity index (χ1) is 5.66. The van der Waals surface area contributed by atoms with Crippen LogP contribution in [0.2, 0.25) is 0 Å². The number of nitrogens with zero attached hydrogens (tertiary/aromatic N) is 1. The second kappa shape index (κ2) is 5.92. The van der Waals surface area contributed by atoms with Crippen LogP contribution in [0.15, 0.2) is 12.2 Å². The van der Waals surface area contributed by atoms with Gasteiger partial charge in [-0.25, -0.2) is 9.59 Å². The Morgan fingerprint density at radius 1 is 1.50 bits per heavy atom. The molecule has 12 heavy (non-hydrogen) atoms. The lowest BCUT2D eigenvalue weighted by molar-refractivity contribution is -0.138. The van der Waals surface area contributed by atoms with Gasteiger partial charge in [0, 0.05) is 12.2 Å². The molecule has 0 amide bonds. The molecular formula is C7H7NO4. The van der Waals surface area contributed by atoms with Gasteiger partial charge in [0.2, 0.25) is 0 Å². The minimum Gasteiger partial charge on any atom is -0.478 e. The average Bonchev–Trinajstić information content (AvgIpc) is 2.01. The van der Waals surface area contributed by atoms with Gasteiger partial charge in [-0.05, 0) is 0 Å². The molecule has 0 rings (SSSR count). The van der Waals surface area contributed by atoms with Gasteiger partial charge in [0.25, 0.3) is 0 Å². The Morgan fingerprint density at radius 3 is 2.67 bits per heavy atom. The number of nitriles is 1. The zero-order valence-electron chi connectivity index (χ0n) is 6.19. The summed E-state index contributed by atoms with van der Waals surface area (Å²) in [7, 11) is 0. The van der Waals surface area contributed by atoms with Crippen LogP contribution in [0, 0.1) is 11.3 Å². The van der Waals surface area contributed by atoms with Crippen LogP contribution in [0.4, 0.5) is 0 Å². The number of hydrogen-bond donors (Lipinski definition) is 1.